The van der Waals surface area contributed by atoms with Crippen LogP contribution in [0.3, 0.4) is 0 Å². The van der Waals surface area contributed by atoms with Gasteiger partial charge in [-0.3, -0.25) is 0 Å². The lowest BCUT2D eigenvalue weighted by atomic mass is 9.94. The van der Waals surface area contributed by atoms with E-state index in [-0.39, 0.29) is 6.03 Å². The van der Waals surface area contributed by atoms with Crippen LogP contribution in [0.5, 0.6) is 0 Å². The Morgan fingerprint density at radius 2 is 1.91 bits per heavy atom. The Morgan fingerprint density at radius 1 is 1.23 bits per heavy atom. The van der Waals surface area contributed by atoms with Crippen molar-refractivity contribution in [3.05, 3.63) is 46.7 Å². The van der Waals surface area contributed by atoms with Crippen molar-refractivity contribution in [1.82, 2.24) is 10.6 Å². The van der Waals surface area contributed by atoms with E-state index < -0.39 is 17.6 Å². The Hall–Kier alpha value is -2.30. The molecule has 1 aliphatic rings. The number of rotatable bonds is 2. The maximum atomic E-state index is 12.5. The molecular weight excluding hydrogens is 280 g/mol. The number of carbonyl (C=O) groups is 2. The minimum absolute atomic E-state index is 0.323. The zero-order valence-corrected chi connectivity index (χ0v) is 13.6. The molecule has 0 saturated heterocycles. The Balaban J connectivity index is 2.43. The highest BCUT2D eigenvalue weighted by Crippen LogP contribution is 2.29. The lowest BCUT2D eigenvalue weighted by Gasteiger charge is -2.30. The van der Waals surface area contributed by atoms with Gasteiger partial charge in [0.25, 0.3) is 0 Å². The first-order valence-corrected chi connectivity index (χ1v) is 7.25. The van der Waals surface area contributed by atoms with Gasteiger partial charge in [-0.2, -0.15) is 0 Å². The smallest absolute Gasteiger partial charge is 0.338 e. The van der Waals surface area contributed by atoms with E-state index in [1.165, 1.54) is 0 Å². The first kappa shape index (κ1) is 16.1. The third-order valence-corrected chi connectivity index (χ3v) is 3.26. The fourth-order valence-electron chi connectivity index (χ4n) is 2.40. The van der Waals surface area contributed by atoms with Gasteiger partial charge in [-0.1, -0.05) is 29.8 Å². The maximum Gasteiger partial charge on any atom is 0.338 e. The molecule has 0 saturated carbocycles. The number of nitrogens with one attached hydrogen (secondary N) is 2. The van der Waals surface area contributed by atoms with Crippen molar-refractivity contribution < 1.29 is 14.3 Å². The van der Waals surface area contributed by atoms with Gasteiger partial charge in [0, 0.05) is 5.70 Å². The van der Waals surface area contributed by atoms with Crippen molar-refractivity contribution in [3.8, 4) is 0 Å². The van der Waals surface area contributed by atoms with E-state index in [2.05, 4.69) is 10.6 Å². The van der Waals surface area contributed by atoms with E-state index in [4.69, 9.17) is 4.74 Å². The maximum absolute atomic E-state index is 12.5. The number of aryl methyl sites for hydroxylation is 1. The Kier molecular flexibility index (Phi) is 4.26. The summed E-state index contributed by atoms with van der Waals surface area (Å²) in [4.78, 5) is 24.3. The van der Waals surface area contributed by atoms with Crippen LogP contribution in [-0.4, -0.2) is 17.6 Å². The average Bonchev–Trinajstić information content (AvgIpc) is 2.35. The van der Waals surface area contributed by atoms with Gasteiger partial charge in [-0.15, -0.1) is 0 Å². The molecular formula is C17H22N2O3. The van der Waals surface area contributed by atoms with E-state index in [0.717, 1.165) is 11.1 Å². The van der Waals surface area contributed by atoms with Gasteiger partial charge in [0.15, 0.2) is 0 Å². The quantitative estimate of drug-likeness (QED) is 0.825. The second-order valence-corrected chi connectivity index (χ2v) is 6.49. The zero-order valence-electron chi connectivity index (χ0n) is 13.6. The van der Waals surface area contributed by atoms with Crippen molar-refractivity contribution in [2.24, 2.45) is 0 Å². The lowest BCUT2D eigenvalue weighted by Crippen LogP contribution is -2.46. The molecule has 1 unspecified atom stereocenters. The number of allylic oxidation sites excluding steroid dienone is 1. The minimum Gasteiger partial charge on any atom is -0.456 e. The van der Waals surface area contributed by atoms with E-state index in [1.807, 2.05) is 52.0 Å². The van der Waals surface area contributed by atoms with E-state index in [0.29, 0.717) is 11.3 Å². The van der Waals surface area contributed by atoms with Crippen molar-refractivity contribution >= 4 is 12.0 Å². The summed E-state index contributed by atoms with van der Waals surface area (Å²) in [6.07, 6.45) is 0. The fraction of sp³-hybridized carbons (Fsp3) is 0.412. The summed E-state index contributed by atoms with van der Waals surface area (Å²) in [5.41, 5.74) is 2.27. The van der Waals surface area contributed by atoms with Gasteiger partial charge in [0.1, 0.15) is 5.60 Å². The molecule has 0 fully saturated rings. The molecule has 2 amide bonds. The van der Waals surface area contributed by atoms with Crippen LogP contribution in [0.2, 0.25) is 0 Å². The number of hydrogen-bond acceptors (Lipinski definition) is 3. The van der Waals surface area contributed by atoms with Gasteiger partial charge in [-0.05, 0) is 40.2 Å². The summed E-state index contributed by atoms with van der Waals surface area (Å²) in [6.45, 7) is 9.13. The number of hydrogen-bond donors (Lipinski definition) is 2. The molecule has 1 atom stereocenters. The van der Waals surface area contributed by atoms with Crippen LogP contribution < -0.4 is 10.6 Å². The summed E-state index contributed by atoms with van der Waals surface area (Å²) < 4.78 is 5.48. The van der Waals surface area contributed by atoms with Crippen molar-refractivity contribution in [3.63, 3.8) is 0 Å². The van der Waals surface area contributed by atoms with Gasteiger partial charge >= 0.3 is 12.0 Å². The molecule has 0 aromatic heterocycles. The summed E-state index contributed by atoms with van der Waals surface area (Å²) >= 11 is 0. The van der Waals surface area contributed by atoms with E-state index >= 15 is 0 Å². The molecule has 2 rings (SSSR count). The number of benzene rings is 1. The standard InChI is InChI=1S/C17H22N2O3/c1-10-7-6-8-12(9-10)14-13(11(2)18-16(21)19-14)15(20)22-17(3,4)5/h6-9,14H,1-5H3,(H2,18,19,21). The van der Waals surface area contributed by atoms with Gasteiger partial charge in [-0.25, -0.2) is 9.59 Å². The highest BCUT2D eigenvalue weighted by molar-refractivity contribution is 5.95. The molecule has 0 aliphatic carbocycles. The largest absolute Gasteiger partial charge is 0.456 e. The number of amides is 2. The molecule has 1 aliphatic heterocycles. The SMILES string of the molecule is CC1=C(C(=O)OC(C)(C)C)C(c2cccc(C)c2)NC(=O)N1. The summed E-state index contributed by atoms with van der Waals surface area (Å²) in [5.74, 6) is -0.427. The molecule has 1 aromatic carbocycles. The van der Waals surface area contributed by atoms with Crippen LogP contribution >= 0.6 is 0 Å². The Bertz CT molecular complexity index is 642. The monoisotopic (exact) mass is 302 g/mol. The predicted octanol–water partition coefficient (Wildman–Crippen LogP) is 2.96. The lowest BCUT2D eigenvalue weighted by molar-refractivity contribution is -0.150. The minimum atomic E-state index is -0.594. The third-order valence-electron chi connectivity index (χ3n) is 3.26. The zero-order chi connectivity index (χ0) is 16.5. The van der Waals surface area contributed by atoms with Gasteiger partial charge in [0.2, 0.25) is 0 Å². The van der Waals surface area contributed by atoms with Crippen molar-refractivity contribution in [2.45, 2.75) is 46.3 Å². The molecule has 5 nitrogen and oxygen atoms in total. The average molecular weight is 302 g/mol. The highest BCUT2D eigenvalue weighted by atomic mass is 16.6. The van der Waals surface area contributed by atoms with Crippen LogP contribution in [0, 0.1) is 6.92 Å². The molecule has 2 N–H and O–H groups in total. The molecule has 22 heavy (non-hydrogen) atoms. The van der Waals surface area contributed by atoms with Gasteiger partial charge in [0.05, 0.1) is 11.6 Å². The van der Waals surface area contributed by atoms with Crippen molar-refractivity contribution in [1.29, 1.82) is 0 Å². The summed E-state index contributed by atoms with van der Waals surface area (Å²) in [5, 5.41) is 5.44. The number of carbonyl (C=O) groups excluding carboxylic acids is 2. The Morgan fingerprint density at radius 3 is 2.50 bits per heavy atom. The first-order chi connectivity index (χ1) is 10.2. The second kappa shape index (κ2) is 5.83. The molecule has 0 spiro atoms. The first-order valence-electron chi connectivity index (χ1n) is 7.25. The number of ether oxygens (including phenoxy) is 1. The van der Waals surface area contributed by atoms with Crippen molar-refractivity contribution in [2.75, 3.05) is 0 Å². The molecule has 118 valence electrons. The van der Waals surface area contributed by atoms with E-state index in [1.54, 1.807) is 6.92 Å². The molecule has 1 aromatic rings. The topological polar surface area (TPSA) is 67.4 Å². The number of urea groups is 1. The normalized spacial score (nSPS) is 18.6. The molecule has 1 heterocycles. The van der Waals surface area contributed by atoms with Crippen LogP contribution in [0.4, 0.5) is 4.79 Å². The summed E-state index contributed by atoms with van der Waals surface area (Å²) in [7, 11) is 0. The predicted molar refractivity (Wildman–Crippen MR) is 84.1 cm³/mol. The van der Waals surface area contributed by atoms with Crippen LogP contribution in [0.25, 0.3) is 0 Å². The Labute approximate surface area is 130 Å². The van der Waals surface area contributed by atoms with Crippen LogP contribution in [0.15, 0.2) is 35.5 Å². The summed E-state index contributed by atoms with van der Waals surface area (Å²) in [6, 6.07) is 6.88. The molecule has 5 heteroatoms. The van der Waals surface area contributed by atoms with Gasteiger partial charge < -0.3 is 15.4 Å². The highest BCUT2D eigenvalue weighted by Gasteiger charge is 2.33. The van der Waals surface area contributed by atoms with Crippen LogP contribution in [0.1, 0.15) is 44.9 Å². The molecule has 0 bridgehead atoms. The van der Waals surface area contributed by atoms with Crippen LogP contribution in [-0.2, 0) is 9.53 Å². The third kappa shape index (κ3) is 3.67. The fourth-order valence-corrected chi connectivity index (χ4v) is 2.40. The van der Waals surface area contributed by atoms with E-state index in [9.17, 15) is 9.59 Å². The second-order valence-electron chi connectivity index (χ2n) is 6.49. The number of esters is 1. The molecule has 0 radical (unpaired) electrons.